The second-order valence-electron chi connectivity index (χ2n) is 7.08. The van der Waals surface area contributed by atoms with Gasteiger partial charge in [0.15, 0.2) is 0 Å². The van der Waals surface area contributed by atoms with Crippen molar-refractivity contribution in [2.45, 2.75) is 32.2 Å². The molecule has 2 amide bonds. The number of rotatable bonds is 2. The molecule has 0 saturated carbocycles. The van der Waals surface area contributed by atoms with Crippen LogP contribution in [0.15, 0.2) is 48.7 Å². The fraction of sp³-hybridized carbons (Fsp3) is 0.273. The fourth-order valence-corrected chi connectivity index (χ4v) is 4.10. The van der Waals surface area contributed by atoms with E-state index in [1.807, 2.05) is 53.4 Å². The lowest BCUT2D eigenvalue weighted by Gasteiger charge is -2.35. The number of hydrogen-bond donors (Lipinski definition) is 1. The van der Waals surface area contributed by atoms with Gasteiger partial charge < -0.3 is 15.5 Å². The van der Waals surface area contributed by atoms with Gasteiger partial charge in [-0.05, 0) is 47.7 Å². The normalized spacial score (nSPS) is 18.0. The summed E-state index contributed by atoms with van der Waals surface area (Å²) in [6.45, 7) is 2.21. The Bertz CT molecular complexity index is 935. The van der Waals surface area contributed by atoms with E-state index in [9.17, 15) is 9.59 Å². The van der Waals surface area contributed by atoms with Crippen molar-refractivity contribution in [1.82, 2.24) is 4.90 Å². The molecule has 2 aliphatic rings. The smallest absolute Gasteiger partial charge is 0.229 e. The molecule has 2 heterocycles. The van der Waals surface area contributed by atoms with Crippen LogP contribution in [-0.2, 0) is 16.0 Å². The van der Waals surface area contributed by atoms with Gasteiger partial charge >= 0.3 is 0 Å². The van der Waals surface area contributed by atoms with Crippen LogP contribution in [0.4, 0.5) is 11.4 Å². The maximum atomic E-state index is 13.2. The van der Waals surface area contributed by atoms with Gasteiger partial charge in [0, 0.05) is 31.0 Å². The van der Waals surface area contributed by atoms with Crippen LogP contribution in [-0.4, -0.2) is 23.3 Å². The average molecular weight is 361 g/mol. The number of carbonyl (C=O) groups excluding carboxylic acids is 2. The van der Waals surface area contributed by atoms with Crippen molar-refractivity contribution in [3.05, 3.63) is 65.4 Å². The number of nitrogens with zero attached hydrogens (tertiary/aromatic N) is 2. The van der Waals surface area contributed by atoms with E-state index < -0.39 is 0 Å². The third-order valence-electron chi connectivity index (χ3n) is 5.42. The van der Waals surface area contributed by atoms with Gasteiger partial charge in [-0.1, -0.05) is 30.3 Å². The van der Waals surface area contributed by atoms with Crippen molar-refractivity contribution in [1.29, 1.82) is 0 Å². The number of hydrogen-bond acceptors (Lipinski definition) is 3. The predicted octanol–water partition coefficient (Wildman–Crippen LogP) is 3.51. The lowest BCUT2D eigenvalue weighted by Crippen LogP contribution is -2.39. The Kier molecular flexibility index (Phi) is 4.44. The Morgan fingerprint density at radius 1 is 1.15 bits per heavy atom. The van der Waals surface area contributed by atoms with Crippen molar-refractivity contribution in [3.63, 3.8) is 0 Å². The summed E-state index contributed by atoms with van der Waals surface area (Å²) in [5.74, 6) is -0.0512. The molecule has 0 aromatic heterocycles. The minimum atomic E-state index is -0.289. The SMILES string of the molecule is CC(=O)N1C=Cc2ccccc2C1CC(=O)N1CCCc2c(N)cccc21. The Morgan fingerprint density at radius 3 is 2.78 bits per heavy atom. The van der Waals surface area contributed by atoms with Crippen molar-refractivity contribution < 1.29 is 9.59 Å². The molecule has 0 saturated heterocycles. The molecule has 0 spiro atoms. The molecule has 2 N–H and O–H groups in total. The van der Waals surface area contributed by atoms with E-state index in [0.29, 0.717) is 6.54 Å². The summed E-state index contributed by atoms with van der Waals surface area (Å²) in [6, 6.07) is 13.4. The number of benzene rings is 2. The first-order valence-corrected chi connectivity index (χ1v) is 9.30. The zero-order valence-electron chi connectivity index (χ0n) is 15.4. The van der Waals surface area contributed by atoms with Crippen LogP contribution in [0.1, 0.15) is 42.5 Å². The van der Waals surface area contributed by atoms with Gasteiger partial charge in [-0.3, -0.25) is 9.59 Å². The van der Waals surface area contributed by atoms with E-state index in [2.05, 4.69) is 0 Å². The Labute approximate surface area is 159 Å². The van der Waals surface area contributed by atoms with Gasteiger partial charge in [-0.15, -0.1) is 0 Å². The van der Waals surface area contributed by atoms with E-state index in [4.69, 9.17) is 5.73 Å². The molecule has 1 atom stereocenters. The number of fused-ring (bicyclic) bond motifs is 2. The van der Waals surface area contributed by atoms with Crippen LogP contribution in [0.25, 0.3) is 6.08 Å². The second-order valence-corrected chi connectivity index (χ2v) is 7.08. The van der Waals surface area contributed by atoms with Crippen LogP contribution in [0.5, 0.6) is 0 Å². The number of carbonyl (C=O) groups is 2. The Balaban J connectivity index is 1.65. The maximum Gasteiger partial charge on any atom is 0.229 e. The third-order valence-corrected chi connectivity index (χ3v) is 5.42. The molecule has 0 bridgehead atoms. The van der Waals surface area contributed by atoms with Crippen molar-refractivity contribution >= 4 is 29.3 Å². The molecule has 0 aliphatic carbocycles. The van der Waals surface area contributed by atoms with Crippen LogP contribution < -0.4 is 10.6 Å². The molecule has 2 aliphatic heterocycles. The van der Waals surface area contributed by atoms with Crippen molar-refractivity contribution in [2.75, 3.05) is 17.2 Å². The number of nitrogens with two attached hydrogens (primary N) is 1. The molecule has 5 nitrogen and oxygen atoms in total. The van der Waals surface area contributed by atoms with Gasteiger partial charge in [-0.25, -0.2) is 0 Å². The van der Waals surface area contributed by atoms with Crippen LogP contribution >= 0.6 is 0 Å². The summed E-state index contributed by atoms with van der Waals surface area (Å²) in [6.07, 6.45) is 5.74. The van der Waals surface area contributed by atoms with E-state index in [1.165, 1.54) is 6.92 Å². The maximum absolute atomic E-state index is 13.2. The molecule has 0 fully saturated rings. The predicted molar refractivity (Wildman–Crippen MR) is 107 cm³/mol. The highest BCUT2D eigenvalue weighted by Crippen LogP contribution is 2.36. The second kappa shape index (κ2) is 6.91. The topological polar surface area (TPSA) is 66.6 Å². The standard InChI is InChI=1S/C22H23N3O2/c1-15(26)24-13-11-16-6-2-3-7-17(16)21(24)14-22(27)25-12-5-8-18-19(23)9-4-10-20(18)25/h2-4,6-7,9-11,13,21H,5,8,12,14,23H2,1H3. The van der Waals surface area contributed by atoms with E-state index in [1.54, 1.807) is 11.1 Å². The first-order chi connectivity index (χ1) is 13.1. The lowest BCUT2D eigenvalue weighted by atomic mass is 9.92. The summed E-state index contributed by atoms with van der Waals surface area (Å²) in [5.41, 5.74) is 10.9. The third kappa shape index (κ3) is 3.10. The highest BCUT2D eigenvalue weighted by Gasteiger charge is 2.31. The van der Waals surface area contributed by atoms with E-state index in [0.717, 1.165) is 40.9 Å². The first-order valence-electron chi connectivity index (χ1n) is 9.30. The average Bonchev–Trinajstić information content (AvgIpc) is 2.68. The summed E-state index contributed by atoms with van der Waals surface area (Å²) < 4.78 is 0. The van der Waals surface area contributed by atoms with Crippen LogP contribution in [0.2, 0.25) is 0 Å². The summed E-state index contributed by atoms with van der Waals surface area (Å²) in [7, 11) is 0. The van der Waals surface area contributed by atoms with Crippen molar-refractivity contribution in [3.8, 4) is 0 Å². The number of amides is 2. The van der Waals surface area contributed by atoms with Gasteiger partial charge in [0.1, 0.15) is 0 Å². The zero-order valence-corrected chi connectivity index (χ0v) is 15.4. The van der Waals surface area contributed by atoms with E-state index in [-0.39, 0.29) is 24.3 Å². The summed E-state index contributed by atoms with van der Waals surface area (Å²) in [5, 5.41) is 0. The molecule has 5 heteroatoms. The summed E-state index contributed by atoms with van der Waals surface area (Å²) in [4.78, 5) is 28.9. The van der Waals surface area contributed by atoms with Gasteiger partial charge in [0.2, 0.25) is 11.8 Å². The summed E-state index contributed by atoms with van der Waals surface area (Å²) >= 11 is 0. The first kappa shape index (κ1) is 17.3. The molecule has 1 unspecified atom stereocenters. The monoisotopic (exact) mass is 361 g/mol. The Hall–Kier alpha value is -3.08. The quantitative estimate of drug-likeness (QED) is 0.833. The molecule has 4 rings (SSSR count). The number of anilines is 2. The van der Waals surface area contributed by atoms with Gasteiger partial charge in [-0.2, -0.15) is 0 Å². The number of nitrogen functional groups attached to an aromatic ring is 1. The highest BCUT2D eigenvalue weighted by molar-refractivity contribution is 5.96. The zero-order chi connectivity index (χ0) is 19.0. The Morgan fingerprint density at radius 2 is 1.96 bits per heavy atom. The molecular formula is C22H23N3O2. The van der Waals surface area contributed by atoms with E-state index >= 15 is 0 Å². The van der Waals surface area contributed by atoms with Crippen LogP contribution in [0.3, 0.4) is 0 Å². The van der Waals surface area contributed by atoms with Crippen LogP contribution in [0, 0.1) is 0 Å². The fourth-order valence-electron chi connectivity index (χ4n) is 4.10. The minimum absolute atomic E-state index is 0.0166. The van der Waals surface area contributed by atoms with Gasteiger partial charge in [0.25, 0.3) is 0 Å². The molecule has 27 heavy (non-hydrogen) atoms. The molecule has 138 valence electrons. The lowest BCUT2D eigenvalue weighted by molar-refractivity contribution is -0.129. The molecule has 0 radical (unpaired) electrons. The molecular weight excluding hydrogens is 338 g/mol. The molecule has 2 aromatic rings. The minimum Gasteiger partial charge on any atom is -0.398 e. The largest absolute Gasteiger partial charge is 0.398 e. The van der Waals surface area contributed by atoms with Crippen molar-refractivity contribution in [2.24, 2.45) is 0 Å². The molecule has 2 aromatic carbocycles. The highest BCUT2D eigenvalue weighted by atomic mass is 16.2. The van der Waals surface area contributed by atoms with Gasteiger partial charge in [0.05, 0.1) is 12.5 Å².